The molecule has 9 heteroatoms. The fraction of sp³-hybridized carbons (Fsp3) is 0.552. The molecule has 2 saturated heterocycles. The molecule has 0 bridgehead atoms. The third-order valence-corrected chi connectivity index (χ3v) is 8.08. The lowest BCUT2D eigenvalue weighted by atomic mass is 9.87. The number of aromatic nitrogens is 5. The Kier molecular flexibility index (Phi) is 6.50. The van der Waals surface area contributed by atoms with Crippen molar-refractivity contribution in [2.75, 3.05) is 13.1 Å². The monoisotopic (exact) mass is 518 g/mol. The molecule has 2 aliphatic rings. The van der Waals surface area contributed by atoms with Crippen molar-refractivity contribution in [2.45, 2.75) is 90.1 Å². The molecule has 4 aromatic rings. The Morgan fingerprint density at radius 1 is 1.13 bits per heavy atom. The van der Waals surface area contributed by atoms with Crippen LogP contribution in [0.2, 0.25) is 0 Å². The molecule has 0 amide bonds. The first-order chi connectivity index (χ1) is 18.2. The van der Waals surface area contributed by atoms with Gasteiger partial charge in [0, 0.05) is 31.1 Å². The minimum absolute atomic E-state index is 0.0822. The summed E-state index contributed by atoms with van der Waals surface area (Å²) in [5.74, 6) is 1.04. The van der Waals surface area contributed by atoms with E-state index in [4.69, 9.17) is 14.5 Å². The Balaban J connectivity index is 1.05. The Morgan fingerprint density at radius 3 is 2.79 bits per heavy atom. The smallest absolute Gasteiger partial charge is 0.164 e. The second-order valence-corrected chi connectivity index (χ2v) is 11.8. The molecule has 0 radical (unpaired) electrons. The van der Waals surface area contributed by atoms with E-state index in [0.717, 1.165) is 65.9 Å². The number of H-pyrrole nitrogens is 1. The maximum absolute atomic E-state index is 11.1. The van der Waals surface area contributed by atoms with Gasteiger partial charge in [-0.2, -0.15) is 0 Å². The molecule has 0 spiro atoms. The average Bonchev–Trinajstić information content (AvgIpc) is 3.57. The van der Waals surface area contributed by atoms with E-state index in [0.29, 0.717) is 0 Å². The summed E-state index contributed by atoms with van der Waals surface area (Å²) in [4.78, 5) is 19.3. The molecule has 2 fully saturated rings. The number of aryl methyl sites for hydroxylation is 2. The first kappa shape index (κ1) is 25.4. The minimum Gasteiger partial charge on any atom is -0.386 e. The van der Waals surface area contributed by atoms with E-state index in [-0.39, 0.29) is 23.9 Å². The molecule has 2 N–H and O–H groups in total. The third-order valence-electron chi connectivity index (χ3n) is 8.08. The van der Waals surface area contributed by atoms with Gasteiger partial charge in [-0.05, 0) is 55.9 Å². The summed E-state index contributed by atoms with van der Waals surface area (Å²) >= 11 is 0. The van der Waals surface area contributed by atoms with Gasteiger partial charge in [0.1, 0.15) is 42.3 Å². The molecule has 9 nitrogen and oxygen atoms in total. The lowest BCUT2D eigenvalue weighted by molar-refractivity contribution is -0.177. The number of nitrogens with zero attached hydrogens (tertiary/aromatic N) is 5. The number of fused-ring (bicyclic) bond motifs is 3. The number of benzene rings is 1. The second kappa shape index (κ2) is 9.72. The number of aliphatic hydroxyl groups excluding tert-OH is 1. The number of aromatic amines is 1. The zero-order valence-corrected chi connectivity index (χ0v) is 22.9. The van der Waals surface area contributed by atoms with Gasteiger partial charge >= 0.3 is 0 Å². The van der Waals surface area contributed by atoms with Gasteiger partial charge in [-0.3, -0.25) is 4.90 Å². The molecular weight excluding hydrogens is 480 g/mol. The maximum Gasteiger partial charge on any atom is 0.164 e. The van der Waals surface area contributed by atoms with Crippen molar-refractivity contribution in [3.05, 3.63) is 53.9 Å². The predicted molar refractivity (Wildman–Crippen MR) is 146 cm³/mol. The summed E-state index contributed by atoms with van der Waals surface area (Å²) in [5.41, 5.74) is 5.23. The number of hydrogen-bond donors (Lipinski definition) is 2. The van der Waals surface area contributed by atoms with Crippen molar-refractivity contribution >= 4 is 22.1 Å². The molecule has 1 aromatic carbocycles. The van der Waals surface area contributed by atoms with Gasteiger partial charge in [-0.25, -0.2) is 15.0 Å². The van der Waals surface area contributed by atoms with Crippen molar-refractivity contribution in [3.63, 3.8) is 0 Å². The number of unbranched alkanes of at least 4 members (excludes halogenated alkanes) is 1. The molecule has 2 aliphatic heterocycles. The summed E-state index contributed by atoms with van der Waals surface area (Å²) in [6.07, 6.45) is 4.51. The standard InChI is InChI=1S/C29H38N6O3/c1-17-20-11-13-35(27(20)31-16-30-17)28-25(36)26-23(38-28)15-34(18(2)37-26)12-7-6-8-24-32-21-10-9-19(29(3,4)5)14-22(21)33-24/h9-11,13-14,16,18,23,25-26,28,36H,6-8,12,15H2,1-5H3,(H,32,33)/t18?,23-,25?,26-,28?/m1/s1. The molecular formula is C29H38N6O3. The summed E-state index contributed by atoms with van der Waals surface area (Å²) in [6, 6.07) is 8.51. The van der Waals surface area contributed by atoms with Gasteiger partial charge in [0.15, 0.2) is 6.23 Å². The van der Waals surface area contributed by atoms with Crippen LogP contribution in [-0.2, 0) is 21.3 Å². The fourth-order valence-corrected chi connectivity index (χ4v) is 5.78. The Bertz CT molecular complexity index is 1440. The normalized spacial score (nSPS) is 26.4. The van der Waals surface area contributed by atoms with Crippen molar-refractivity contribution in [1.29, 1.82) is 0 Å². The van der Waals surface area contributed by atoms with E-state index in [1.54, 1.807) is 6.33 Å². The first-order valence-corrected chi connectivity index (χ1v) is 13.7. The van der Waals surface area contributed by atoms with Crippen LogP contribution in [0.5, 0.6) is 0 Å². The first-order valence-electron chi connectivity index (χ1n) is 13.7. The molecule has 38 heavy (non-hydrogen) atoms. The molecule has 202 valence electrons. The average molecular weight is 519 g/mol. The largest absolute Gasteiger partial charge is 0.386 e. The van der Waals surface area contributed by atoms with Crippen LogP contribution >= 0.6 is 0 Å². The van der Waals surface area contributed by atoms with Gasteiger partial charge < -0.3 is 24.1 Å². The van der Waals surface area contributed by atoms with Crippen LogP contribution in [0.4, 0.5) is 0 Å². The van der Waals surface area contributed by atoms with Crippen LogP contribution in [0.25, 0.3) is 22.1 Å². The molecule has 3 unspecified atom stereocenters. The highest BCUT2D eigenvalue weighted by Crippen LogP contribution is 2.37. The maximum atomic E-state index is 11.1. The van der Waals surface area contributed by atoms with E-state index in [1.807, 2.05) is 23.8 Å². The number of imidazole rings is 1. The predicted octanol–water partition coefficient (Wildman–Crippen LogP) is 4.24. The van der Waals surface area contributed by atoms with Crippen LogP contribution in [0, 0.1) is 6.92 Å². The quantitative estimate of drug-likeness (QED) is 0.368. The zero-order chi connectivity index (χ0) is 26.6. The number of hydrogen-bond acceptors (Lipinski definition) is 7. The van der Waals surface area contributed by atoms with Gasteiger partial charge in [-0.15, -0.1) is 0 Å². The second-order valence-electron chi connectivity index (χ2n) is 11.8. The van der Waals surface area contributed by atoms with E-state index in [1.165, 1.54) is 5.56 Å². The highest BCUT2D eigenvalue weighted by molar-refractivity contribution is 5.78. The molecule has 0 aliphatic carbocycles. The van der Waals surface area contributed by atoms with Crippen molar-refractivity contribution in [3.8, 4) is 0 Å². The summed E-state index contributed by atoms with van der Waals surface area (Å²) in [7, 11) is 0. The van der Waals surface area contributed by atoms with Crippen molar-refractivity contribution in [1.82, 2.24) is 29.4 Å². The van der Waals surface area contributed by atoms with Crippen LogP contribution in [0.1, 0.15) is 63.8 Å². The van der Waals surface area contributed by atoms with Gasteiger partial charge in [-0.1, -0.05) is 26.8 Å². The summed E-state index contributed by atoms with van der Waals surface area (Å²) in [5, 5.41) is 12.1. The number of rotatable bonds is 6. The zero-order valence-electron chi connectivity index (χ0n) is 22.9. The molecule has 5 atom stereocenters. The van der Waals surface area contributed by atoms with Crippen LogP contribution in [-0.4, -0.2) is 72.1 Å². The molecule has 5 heterocycles. The van der Waals surface area contributed by atoms with Gasteiger partial charge in [0.25, 0.3) is 0 Å². The number of aliphatic hydroxyl groups is 1. The van der Waals surface area contributed by atoms with Crippen LogP contribution < -0.4 is 0 Å². The van der Waals surface area contributed by atoms with Gasteiger partial charge in [0.05, 0.1) is 16.7 Å². The van der Waals surface area contributed by atoms with Crippen molar-refractivity contribution in [2.24, 2.45) is 0 Å². The fourth-order valence-electron chi connectivity index (χ4n) is 5.78. The topological polar surface area (TPSA) is 101 Å². The Labute approximate surface area is 223 Å². The van der Waals surface area contributed by atoms with E-state index in [9.17, 15) is 5.11 Å². The SMILES string of the molecule is Cc1ncnc2c1ccn2C1O[C@@H]2CN(CCCCc3nc4cc(C(C)(C)C)ccc4[nH]3)C(C)O[C@H]2C1O. The Morgan fingerprint density at radius 2 is 1.97 bits per heavy atom. The van der Waals surface area contributed by atoms with Crippen molar-refractivity contribution < 1.29 is 14.6 Å². The molecule has 3 aromatic heterocycles. The summed E-state index contributed by atoms with van der Waals surface area (Å²) < 4.78 is 14.5. The third kappa shape index (κ3) is 4.62. The number of nitrogens with one attached hydrogen (secondary N) is 1. The Hall–Kier alpha value is -2.85. The highest BCUT2D eigenvalue weighted by Gasteiger charge is 2.50. The van der Waals surface area contributed by atoms with Crippen LogP contribution in [0.3, 0.4) is 0 Å². The lowest BCUT2D eigenvalue weighted by Crippen LogP contribution is -2.54. The lowest BCUT2D eigenvalue weighted by Gasteiger charge is -2.39. The molecule has 0 saturated carbocycles. The molecule has 6 rings (SSSR count). The minimum atomic E-state index is -0.762. The van der Waals surface area contributed by atoms with E-state index in [2.05, 4.69) is 65.7 Å². The van der Waals surface area contributed by atoms with E-state index >= 15 is 0 Å². The highest BCUT2D eigenvalue weighted by atomic mass is 16.6. The number of ether oxygens (including phenoxy) is 2. The van der Waals surface area contributed by atoms with Gasteiger partial charge in [0.2, 0.25) is 0 Å². The van der Waals surface area contributed by atoms with Crippen LogP contribution in [0.15, 0.2) is 36.8 Å². The summed E-state index contributed by atoms with van der Waals surface area (Å²) in [6.45, 7) is 12.3. The van der Waals surface area contributed by atoms with E-state index < -0.39 is 12.3 Å².